The zero-order valence-corrected chi connectivity index (χ0v) is 14.8. The highest BCUT2D eigenvalue weighted by Crippen LogP contribution is 2.25. The summed E-state index contributed by atoms with van der Waals surface area (Å²) in [5.41, 5.74) is 5.87. The number of hydrazine groups is 1. The molecule has 0 aliphatic rings. The number of benzene rings is 1. The van der Waals surface area contributed by atoms with Crippen LogP contribution >= 0.6 is 28.1 Å². The fourth-order valence-electron chi connectivity index (χ4n) is 1.48. The van der Waals surface area contributed by atoms with Crippen LogP contribution in [0.2, 0.25) is 0 Å². The van der Waals surface area contributed by atoms with Crippen molar-refractivity contribution in [2.24, 2.45) is 0 Å². The van der Waals surface area contributed by atoms with E-state index in [1.807, 2.05) is 26.0 Å². The van der Waals surface area contributed by atoms with Crippen LogP contribution in [0.3, 0.4) is 0 Å². The van der Waals surface area contributed by atoms with Crippen molar-refractivity contribution in [2.45, 2.75) is 26.7 Å². The Morgan fingerprint density at radius 2 is 2.00 bits per heavy atom. The molecule has 3 N–H and O–H groups in total. The minimum absolute atomic E-state index is 0.0447. The maximum Gasteiger partial charge on any atom is 0.276 e. The quantitative estimate of drug-likeness (QED) is 0.531. The zero-order valence-electron chi connectivity index (χ0n) is 12.4. The van der Waals surface area contributed by atoms with Gasteiger partial charge in [-0.3, -0.25) is 20.4 Å². The van der Waals surface area contributed by atoms with Crippen LogP contribution in [0.25, 0.3) is 0 Å². The Balaban J connectivity index is 2.31. The van der Waals surface area contributed by atoms with Crippen molar-refractivity contribution in [1.29, 1.82) is 0 Å². The lowest BCUT2D eigenvalue weighted by atomic mass is 10.2. The van der Waals surface area contributed by atoms with Crippen LogP contribution < -0.4 is 20.9 Å². The van der Waals surface area contributed by atoms with Crippen molar-refractivity contribution in [1.82, 2.24) is 16.2 Å². The summed E-state index contributed by atoms with van der Waals surface area (Å²) in [4.78, 5) is 22.9. The predicted octanol–water partition coefficient (Wildman–Crippen LogP) is 1.96. The molecule has 0 fully saturated rings. The smallest absolute Gasteiger partial charge is 0.276 e. The molecule has 0 bridgehead atoms. The number of carbonyl (C=O) groups is 2. The molecule has 1 aromatic carbocycles. The number of carbonyl (C=O) groups excluding carboxylic acids is 2. The number of ether oxygens (including phenoxy) is 1. The predicted molar refractivity (Wildman–Crippen MR) is 91.3 cm³/mol. The van der Waals surface area contributed by atoms with Crippen molar-refractivity contribution < 1.29 is 14.3 Å². The van der Waals surface area contributed by atoms with Crippen LogP contribution in [0.5, 0.6) is 5.75 Å². The van der Waals surface area contributed by atoms with E-state index in [4.69, 9.17) is 17.0 Å². The zero-order chi connectivity index (χ0) is 16.5. The van der Waals surface area contributed by atoms with E-state index in [9.17, 15) is 9.59 Å². The molecule has 22 heavy (non-hydrogen) atoms. The fourth-order valence-corrected chi connectivity index (χ4v) is 2.25. The lowest BCUT2D eigenvalue weighted by Gasteiger charge is -2.12. The van der Waals surface area contributed by atoms with E-state index in [2.05, 4.69) is 32.1 Å². The molecule has 0 aliphatic carbocycles. The van der Waals surface area contributed by atoms with Gasteiger partial charge in [0.15, 0.2) is 11.7 Å². The molecule has 8 heteroatoms. The van der Waals surface area contributed by atoms with Crippen molar-refractivity contribution >= 4 is 45.1 Å². The molecule has 6 nitrogen and oxygen atoms in total. The van der Waals surface area contributed by atoms with Gasteiger partial charge in [0.25, 0.3) is 5.91 Å². The van der Waals surface area contributed by atoms with Gasteiger partial charge in [-0.05, 0) is 59.2 Å². The molecule has 2 amide bonds. The first-order chi connectivity index (χ1) is 10.4. The van der Waals surface area contributed by atoms with Gasteiger partial charge >= 0.3 is 0 Å². The van der Waals surface area contributed by atoms with E-state index in [0.29, 0.717) is 12.2 Å². The molecule has 1 aromatic rings. The fraction of sp³-hybridized carbons (Fsp3) is 0.357. The summed E-state index contributed by atoms with van der Waals surface area (Å²) in [7, 11) is 0. The highest BCUT2D eigenvalue weighted by molar-refractivity contribution is 9.10. The molecule has 0 aliphatic heterocycles. The third-order valence-electron chi connectivity index (χ3n) is 2.49. The van der Waals surface area contributed by atoms with E-state index < -0.39 is 5.91 Å². The Kier molecular flexibility index (Phi) is 7.83. The number of halogens is 1. The largest absolute Gasteiger partial charge is 0.483 e. The van der Waals surface area contributed by atoms with Crippen LogP contribution in [0.15, 0.2) is 22.7 Å². The standard InChI is InChI=1S/C14H18BrN3O3S/c1-3-4-12(19)16-14(22)18-17-13(20)8-21-11-6-5-9(2)7-10(11)15/h5-7H,3-4,8H2,1-2H3,(H,17,20)(H2,16,18,19,22). The SMILES string of the molecule is CCCC(=O)NC(=S)NNC(=O)COc1ccc(C)cc1Br. The minimum atomic E-state index is -0.417. The number of amides is 2. The maximum absolute atomic E-state index is 11.6. The second-order valence-corrected chi connectivity index (χ2v) is 5.79. The number of hydrogen-bond donors (Lipinski definition) is 3. The molecule has 0 spiro atoms. The van der Waals surface area contributed by atoms with Crippen molar-refractivity contribution in [3.63, 3.8) is 0 Å². The van der Waals surface area contributed by atoms with E-state index in [0.717, 1.165) is 16.5 Å². The van der Waals surface area contributed by atoms with E-state index >= 15 is 0 Å². The summed E-state index contributed by atoms with van der Waals surface area (Å²) in [6.45, 7) is 3.66. The molecular formula is C14H18BrN3O3S. The summed E-state index contributed by atoms with van der Waals surface area (Å²) < 4.78 is 6.15. The molecule has 0 aromatic heterocycles. The first-order valence-electron chi connectivity index (χ1n) is 6.70. The summed E-state index contributed by atoms with van der Waals surface area (Å²) in [6.07, 6.45) is 1.10. The summed E-state index contributed by atoms with van der Waals surface area (Å²) >= 11 is 8.23. The molecule has 0 heterocycles. The second-order valence-electron chi connectivity index (χ2n) is 4.52. The normalized spacial score (nSPS) is 9.77. The van der Waals surface area contributed by atoms with Gasteiger partial charge in [0.1, 0.15) is 5.75 Å². The van der Waals surface area contributed by atoms with Crippen LogP contribution in [-0.4, -0.2) is 23.5 Å². The van der Waals surface area contributed by atoms with Gasteiger partial charge < -0.3 is 10.1 Å². The monoisotopic (exact) mass is 387 g/mol. The van der Waals surface area contributed by atoms with Crippen molar-refractivity contribution in [3.8, 4) is 5.75 Å². The minimum Gasteiger partial charge on any atom is -0.483 e. The van der Waals surface area contributed by atoms with Gasteiger partial charge in [-0.15, -0.1) is 0 Å². The van der Waals surface area contributed by atoms with Crippen LogP contribution in [0.4, 0.5) is 0 Å². The van der Waals surface area contributed by atoms with Gasteiger partial charge in [-0.2, -0.15) is 0 Å². The van der Waals surface area contributed by atoms with Crippen molar-refractivity contribution in [3.05, 3.63) is 28.2 Å². The average molecular weight is 388 g/mol. The third-order valence-corrected chi connectivity index (χ3v) is 3.32. The maximum atomic E-state index is 11.6. The van der Waals surface area contributed by atoms with E-state index in [-0.39, 0.29) is 17.6 Å². The van der Waals surface area contributed by atoms with Gasteiger partial charge in [0.2, 0.25) is 5.91 Å². The molecule has 0 saturated heterocycles. The molecule has 0 unspecified atom stereocenters. The number of aryl methyl sites for hydroxylation is 1. The molecule has 1 rings (SSSR count). The summed E-state index contributed by atoms with van der Waals surface area (Å²) in [6, 6.07) is 5.55. The van der Waals surface area contributed by atoms with E-state index in [1.165, 1.54) is 0 Å². The summed E-state index contributed by atoms with van der Waals surface area (Å²) in [5, 5.41) is 2.49. The lowest BCUT2D eigenvalue weighted by Crippen LogP contribution is -2.49. The number of rotatable bonds is 5. The number of thiocarbonyl (C=S) groups is 1. The Hall–Kier alpha value is -1.67. The highest BCUT2D eigenvalue weighted by Gasteiger charge is 2.07. The number of hydrogen-bond acceptors (Lipinski definition) is 4. The van der Waals surface area contributed by atoms with Gasteiger partial charge in [-0.25, -0.2) is 0 Å². The molecule has 120 valence electrons. The third kappa shape index (κ3) is 6.86. The average Bonchev–Trinajstić information content (AvgIpc) is 2.44. The molecule has 0 radical (unpaired) electrons. The Morgan fingerprint density at radius 3 is 2.64 bits per heavy atom. The van der Waals surface area contributed by atoms with E-state index in [1.54, 1.807) is 6.07 Å². The summed E-state index contributed by atoms with van der Waals surface area (Å²) in [5.74, 6) is -0.0479. The van der Waals surface area contributed by atoms with Gasteiger partial charge in [0.05, 0.1) is 4.47 Å². The van der Waals surface area contributed by atoms with Crippen LogP contribution in [-0.2, 0) is 9.59 Å². The second kappa shape index (κ2) is 9.37. The topological polar surface area (TPSA) is 79.5 Å². The Bertz CT molecular complexity index is 566. The molecule has 0 saturated carbocycles. The molecule has 0 atom stereocenters. The highest BCUT2D eigenvalue weighted by atomic mass is 79.9. The van der Waals surface area contributed by atoms with Gasteiger partial charge in [0, 0.05) is 6.42 Å². The van der Waals surface area contributed by atoms with Gasteiger partial charge in [-0.1, -0.05) is 13.0 Å². The Morgan fingerprint density at radius 1 is 1.27 bits per heavy atom. The lowest BCUT2D eigenvalue weighted by molar-refractivity contribution is -0.124. The van der Waals surface area contributed by atoms with Crippen molar-refractivity contribution in [2.75, 3.05) is 6.61 Å². The number of nitrogens with one attached hydrogen (secondary N) is 3. The van der Waals surface area contributed by atoms with Crippen LogP contribution in [0.1, 0.15) is 25.3 Å². The first-order valence-corrected chi connectivity index (χ1v) is 7.90. The first kappa shape index (κ1) is 18.4. The Labute approximate surface area is 143 Å². The molecular weight excluding hydrogens is 370 g/mol. The van der Waals surface area contributed by atoms with Crippen LogP contribution in [0, 0.1) is 6.92 Å².